The molecule has 190 valence electrons. The fourth-order valence-electron chi connectivity index (χ4n) is 4.87. The third-order valence-corrected chi connectivity index (χ3v) is 7.31. The van der Waals surface area contributed by atoms with Gasteiger partial charge in [-0.2, -0.15) is 0 Å². The molecule has 0 radical (unpaired) electrons. The molecule has 2 aromatic rings. The summed E-state index contributed by atoms with van der Waals surface area (Å²) < 4.78 is 34.5. The molecule has 0 fully saturated rings. The summed E-state index contributed by atoms with van der Waals surface area (Å²) in [6.45, 7) is 8.05. The lowest BCUT2D eigenvalue weighted by atomic mass is 9.75. The van der Waals surface area contributed by atoms with Crippen molar-refractivity contribution in [3.8, 4) is 45.6 Å². The van der Waals surface area contributed by atoms with Gasteiger partial charge in [0.05, 0.1) is 27.2 Å². The van der Waals surface area contributed by atoms with Crippen LogP contribution >= 0.6 is 0 Å². The summed E-state index contributed by atoms with van der Waals surface area (Å²) in [6.07, 6.45) is 0.692. The Kier molecular flexibility index (Phi) is 6.92. The average molecular weight is 487 g/mol. The molecule has 1 aliphatic heterocycles. The number of phenols is 1. The number of carbonyl (C=O) groups is 1. The van der Waals surface area contributed by atoms with E-state index in [-0.39, 0.29) is 42.0 Å². The van der Waals surface area contributed by atoms with E-state index in [1.54, 1.807) is 7.11 Å². The van der Waals surface area contributed by atoms with Gasteiger partial charge in [-0.15, -0.1) is 0 Å². The highest BCUT2D eigenvalue weighted by Crippen LogP contribution is 2.58. The molecular formula is C27H34O8. The number of carbonyl (C=O) groups excluding carboxylic acids is 1. The number of ether oxygens (including phenoxy) is 6. The fraction of sp³-hybridized carbons (Fsp3) is 0.519. The molecule has 2 aliphatic rings. The van der Waals surface area contributed by atoms with Crippen LogP contribution in [-0.4, -0.2) is 39.2 Å². The molecule has 0 aromatic heterocycles. The lowest BCUT2D eigenvalue weighted by molar-refractivity contribution is -0.157. The minimum atomic E-state index is -0.592. The summed E-state index contributed by atoms with van der Waals surface area (Å²) in [6, 6.07) is 3.72. The second-order valence-electron chi connectivity index (χ2n) is 9.31. The molecule has 0 saturated carbocycles. The number of methoxy groups -OCH3 is 3. The first kappa shape index (κ1) is 24.8. The number of fused-ring (bicyclic) bond motifs is 4. The summed E-state index contributed by atoms with van der Waals surface area (Å²) in [7, 11) is 4.56. The van der Waals surface area contributed by atoms with Crippen LogP contribution in [0.4, 0.5) is 0 Å². The third kappa shape index (κ3) is 4.09. The first-order valence-electron chi connectivity index (χ1n) is 11.9. The Morgan fingerprint density at radius 1 is 1.09 bits per heavy atom. The molecular weight excluding hydrogens is 452 g/mol. The van der Waals surface area contributed by atoms with E-state index < -0.39 is 6.10 Å². The van der Waals surface area contributed by atoms with E-state index in [9.17, 15) is 9.90 Å². The van der Waals surface area contributed by atoms with Gasteiger partial charge >= 0.3 is 5.97 Å². The molecule has 0 bridgehead atoms. The third-order valence-electron chi connectivity index (χ3n) is 7.31. The van der Waals surface area contributed by atoms with Crippen LogP contribution in [0.25, 0.3) is 11.1 Å². The van der Waals surface area contributed by atoms with Crippen molar-refractivity contribution in [2.24, 2.45) is 17.8 Å². The summed E-state index contributed by atoms with van der Waals surface area (Å²) in [5.41, 5.74) is 2.68. The maximum atomic E-state index is 13.0. The highest BCUT2D eigenvalue weighted by Gasteiger charge is 2.40. The van der Waals surface area contributed by atoms with E-state index >= 15 is 0 Å². The van der Waals surface area contributed by atoms with E-state index in [1.165, 1.54) is 14.2 Å². The number of benzene rings is 2. The summed E-state index contributed by atoms with van der Waals surface area (Å²) in [5, 5.41) is 11.5. The van der Waals surface area contributed by atoms with Crippen molar-refractivity contribution in [2.45, 2.75) is 46.6 Å². The standard InChI is InChI=1S/C27H34O8/c1-8-13(2)27(29)35-23-15(4)14(3)9-16-10-18(30-5)24(31-6)22(28)20(16)21-17(23)11-19-25(26(21)32-7)34-12-33-19/h10-11,13-15,23,28H,8-9,12H2,1-7H3/t13?,14?,15-,23-/m1/s1. The topological polar surface area (TPSA) is 92.7 Å². The molecule has 1 heterocycles. The quantitative estimate of drug-likeness (QED) is 0.552. The van der Waals surface area contributed by atoms with E-state index in [0.717, 1.165) is 5.56 Å². The van der Waals surface area contributed by atoms with Crippen molar-refractivity contribution in [3.63, 3.8) is 0 Å². The molecule has 0 spiro atoms. The molecule has 2 unspecified atom stereocenters. The number of hydrogen-bond acceptors (Lipinski definition) is 8. The number of rotatable bonds is 6. The molecule has 8 heteroatoms. The number of phenolic OH excluding ortho intramolecular Hbond substituents is 1. The van der Waals surface area contributed by atoms with E-state index in [2.05, 4.69) is 13.8 Å². The molecule has 1 aliphatic carbocycles. The van der Waals surface area contributed by atoms with Crippen LogP contribution in [0, 0.1) is 17.8 Å². The zero-order valence-corrected chi connectivity index (χ0v) is 21.4. The van der Waals surface area contributed by atoms with Gasteiger partial charge in [0.15, 0.2) is 23.0 Å². The Morgan fingerprint density at radius 3 is 2.43 bits per heavy atom. The molecule has 0 amide bonds. The molecule has 2 aromatic carbocycles. The maximum Gasteiger partial charge on any atom is 0.309 e. The normalized spacial score (nSPS) is 21.2. The molecule has 4 atom stereocenters. The molecule has 8 nitrogen and oxygen atoms in total. The van der Waals surface area contributed by atoms with Gasteiger partial charge in [-0.25, -0.2) is 0 Å². The number of hydrogen-bond donors (Lipinski definition) is 1. The van der Waals surface area contributed by atoms with E-state index in [0.29, 0.717) is 52.5 Å². The van der Waals surface area contributed by atoms with Gasteiger partial charge in [0.1, 0.15) is 6.10 Å². The first-order valence-corrected chi connectivity index (χ1v) is 11.9. The van der Waals surface area contributed by atoms with Gasteiger partial charge in [0.2, 0.25) is 18.3 Å². The van der Waals surface area contributed by atoms with Gasteiger partial charge in [0.25, 0.3) is 0 Å². The highest BCUT2D eigenvalue weighted by molar-refractivity contribution is 5.89. The number of esters is 1. The van der Waals surface area contributed by atoms with Gasteiger partial charge in [0, 0.05) is 22.6 Å². The average Bonchev–Trinajstić information content (AvgIpc) is 3.33. The first-order chi connectivity index (χ1) is 16.8. The zero-order chi connectivity index (χ0) is 25.4. The van der Waals surface area contributed by atoms with Crippen molar-refractivity contribution in [2.75, 3.05) is 28.1 Å². The second-order valence-corrected chi connectivity index (χ2v) is 9.31. The Hall–Kier alpha value is -3.29. The minimum absolute atomic E-state index is 0.0443. The van der Waals surface area contributed by atoms with Gasteiger partial charge < -0.3 is 33.5 Å². The number of aromatic hydroxyl groups is 1. The molecule has 0 saturated heterocycles. The van der Waals surface area contributed by atoms with Crippen molar-refractivity contribution >= 4 is 5.97 Å². The SMILES string of the molecule is CCC(C)C(=O)O[C@H]1c2cc3c(c(OC)c2-c2c(cc(OC)c(OC)c2O)CC(C)[C@H]1C)OCO3. The van der Waals surface area contributed by atoms with E-state index in [4.69, 9.17) is 28.4 Å². The molecule has 4 rings (SSSR count). The Balaban J connectivity index is 2.07. The zero-order valence-electron chi connectivity index (χ0n) is 21.4. The second kappa shape index (κ2) is 9.76. The Bertz CT molecular complexity index is 1130. The molecule has 35 heavy (non-hydrogen) atoms. The lowest BCUT2D eigenvalue weighted by Gasteiger charge is -2.35. The van der Waals surface area contributed by atoms with Crippen LogP contribution in [0.3, 0.4) is 0 Å². The van der Waals surface area contributed by atoms with Crippen molar-refractivity contribution in [1.82, 2.24) is 0 Å². The predicted octanol–water partition coefficient (Wildman–Crippen LogP) is 5.27. The lowest BCUT2D eigenvalue weighted by Crippen LogP contribution is -2.28. The van der Waals surface area contributed by atoms with Crippen LogP contribution in [0.5, 0.6) is 34.5 Å². The summed E-state index contributed by atoms with van der Waals surface area (Å²) in [4.78, 5) is 13.0. The van der Waals surface area contributed by atoms with Gasteiger partial charge in [-0.05, 0) is 36.5 Å². The van der Waals surface area contributed by atoms with Crippen LogP contribution in [-0.2, 0) is 16.0 Å². The largest absolute Gasteiger partial charge is 0.504 e. The Morgan fingerprint density at radius 2 is 1.80 bits per heavy atom. The minimum Gasteiger partial charge on any atom is -0.504 e. The van der Waals surface area contributed by atoms with Crippen LogP contribution < -0.4 is 23.7 Å². The van der Waals surface area contributed by atoms with Crippen LogP contribution in [0.1, 0.15) is 51.3 Å². The van der Waals surface area contributed by atoms with Gasteiger partial charge in [-0.3, -0.25) is 4.79 Å². The maximum absolute atomic E-state index is 13.0. The monoisotopic (exact) mass is 486 g/mol. The fourth-order valence-corrected chi connectivity index (χ4v) is 4.87. The highest BCUT2D eigenvalue weighted by atomic mass is 16.7. The van der Waals surface area contributed by atoms with Gasteiger partial charge in [-0.1, -0.05) is 27.7 Å². The van der Waals surface area contributed by atoms with Crippen LogP contribution in [0.2, 0.25) is 0 Å². The van der Waals surface area contributed by atoms with Crippen molar-refractivity contribution in [1.29, 1.82) is 0 Å². The Labute approximate surface area is 206 Å². The smallest absolute Gasteiger partial charge is 0.309 e. The molecule has 1 N–H and O–H groups in total. The van der Waals surface area contributed by atoms with Crippen LogP contribution in [0.15, 0.2) is 12.1 Å². The summed E-state index contributed by atoms with van der Waals surface area (Å²) in [5.74, 6) is 1.48. The van der Waals surface area contributed by atoms with E-state index in [1.807, 2.05) is 26.0 Å². The predicted molar refractivity (Wildman–Crippen MR) is 130 cm³/mol. The summed E-state index contributed by atoms with van der Waals surface area (Å²) >= 11 is 0. The van der Waals surface area contributed by atoms with Crippen molar-refractivity contribution in [3.05, 3.63) is 23.3 Å². The van der Waals surface area contributed by atoms with Crippen molar-refractivity contribution < 1.29 is 38.3 Å².